The lowest BCUT2D eigenvalue weighted by Crippen LogP contribution is -2.30. The van der Waals surface area contributed by atoms with Crippen LogP contribution < -0.4 is 11.1 Å². The Kier molecular flexibility index (Phi) is 3.02. The van der Waals surface area contributed by atoms with Gasteiger partial charge in [0.15, 0.2) is 0 Å². The topological polar surface area (TPSA) is 50.9 Å². The number of nitrogens with one attached hydrogen (secondary N) is 1. The van der Waals surface area contributed by atoms with Crippen LogP contribution in [0.4, 0.5) is 11.4 Å². The van der Waals surface area contributed by atoms with E-state index in [9.17, 15) is 0 Å². The van der Waals surface area contributed by atoms with Gasteiger partial charge in [0.1, 0.15) is 0 Å². The Balaban J connectivity index is 1.58. The van der Waals surface area contributed by atoms with E-state index in [1.165, 1.54) is 25.7 Å². The molecule has 1 aromatic carbocycles. The van der Waals surface area contributed by atoms with Gasteiger partial charge in [-0.05, 0) is 68.2 Å². The van der Waals surface area contributed by atoms with Crippen molar-refractivity contribution in [1.82, 2.24) is 4.98 Å². The lowest BCUT2D eigenvalue weighted by molar-refractivity contribution is 0.304. The van der Waals surface area contributed by atoms with E-state index in [0.717, 1.165) is 40.0 Å². The molecule has 0 radical (unpaired) electrons. The average Bonchev–Trinajstić information content (AvgIpc) is 3.13. The van der Waals surface area contributed by atoms with Gasteiger partial charge in [0, 0.05) is 17.6 Å². The van der Waals surface area contributed by atoms with E-state index in [2.05, 4.69) is 29.4 Å². The van der Waals surface area contributed by atoms with Crippen molar-refractivity contribution in [2.45, 2.75) is 38.6 Å². The normalized spacial score (nSPS) is 28.9. The number of rotatable bonds is 3. The van der Waals surface area contributed by atoms with Crippen molar-refractivity contribution in [2.75, 3.05) is 11.1 Å². The van der Waals surface area contributed by atoms with Gasteiger partial charge < -0.3 is 11.1 Å². The van der Waals surface area contributed by atoms with Crippen molar-refractivity contribution in [3.63, 3.8) is 0 Å². The van der Waals surface area contributed by atoms with Crippen LogP contribution in [0.5, 0.6) is 0 Å². The summed E-state index contributed by atoms with van der Waals surface area (Å²) in [4.78, 5) is 4.36. The number of hydrogen-bond acceptors (Lipinski definition) is 3. The minimum absolute atomic E-state index is 0.497. The Morgan fingerprint density at radius 2 is 2.14 bits per heavy atom. The molecule has 110 valence electrons. The fourth-order valence-corrected chi connectivity index (χ4v) is 4.56. The van der Waals surface area contributed by atoms with Crippen LogP contribution >= 0.6 is 0 Å². The summed E-state index contributed by atoms with van der Waals surface area (Å²) >= 11 is 0. The first-order valence-electron chi connectivity index (χ1n) is 8.12. The Morgan fingerprint density at radius 1 is 1.24 bits per heavy atom. The van der Waals surface area contributed by atoms with Gasteiger partial charge in [-0.15, -0.1) is 0 Å². The van der Waals surface area contributed by atoms with E-state index in [4.69, 9.17) is 5.73 Å². The first-order chi connectivity index (χ1) is 10.2. The molecule has 4 atom stereocenters. The molecule has 4 rings (SSSR count). The van der Waals surface area contributed by atoms with E-state index in [0.29, 0.717) is 6.04 Å². The number of nitrogens with two attached hydrogens (primary N) is 1. The maximum Gasteiger partial charge on any atom is 0.0724 e. The summed E-state index contributed by atoms with van der Waals surface area (Å²) in [5.41, 5.74) is 9.20. The second-order valence-corrected chi connectivity index (χ2v) is 6.87. The van der Waals surface area contributed by atoms with Crippen molar-refractivity contribution in [3.8, 4) is 0 Å². The van der Waals surface area contributed by atoms with Crippen molar-refractivity contribution in [2.24, 2.45) is 17.8 Å². The zero-order valence-corrected chi connectivity index (χ0v) is 12.5. The van der Waals surface area contributed by atoms with Crippen LogP contribution in [0.25, 0.3) is 10.9 Å². The predicted molar refractivity (Wildman–Crippen MR) is 88.2 cm³/mol. The Morgan fingerprint density at radius 3 is 2.90 bits per heavy atom. The molecule has 2 saturated carbocycles. The Labute approximate surface area is 125 Å². The fourth-order valence-electron chi connectivity index (χ4n) is 4.56. The highest BCUT2D eigenvalue weighted by Gasteiger charge is 2.41. The molecule has 2 aliphatic rings. The summed E-state index contributed by atoms with van der Waals surface area (Å²) in [6.07, 6.45) is 7.55. The summed E-state index contributed by atoms with van der Waals surface area (Å²) in [7, 11) is 0. The van der Waals surface area contributed by atoms with Gasteiger partial charge in [0.05, 0.1) is 16.9 Å². The fraction of sp³-hybridized carbons (Fsp3) is 0.500. The van der Waals surface area contributed by atoms with Gasteiger partial charge in [-0.2, -0.15) is 0 Å². The molecular formula is C18H23N3. The van der Waals surface area contributed by atoms with Crippen molar-refractivity contribution in [1.29, 1.82) is 0 Å². The van der Waals surface area contributed by atoms with Crippen LogP contribution in [-0.2, 0) is 0 Å². The third-order valence-corrected chi connectivity index (χ3v) is 5.64. The summed E-state index contributed by atoms with van der Waals surface area (Å²) in [6, 6.07) is 8.62. The number of hydrogen-bond donors (Lipinski definition) is 2. The van der Waals surface area contributed by atoms with Gasteiger partial charge in [0.25, 0.3) is 0 Å². The third-order valence-electron chi connectivity index (χ3n) is 5.64. The molecule has 4 unspecified atom stereocenters. The van der Waals surface area contributed by atoms with E-state index >= 15 is 0 Å². The van der Waals surface area contributed by atoms with Crippen LogP contribution in [0.2, 0.25) is 0 Å². The van der Waals surface area contributed by atoms with Gasteiger partial charge in [0.2, 0.25) is 0 Å². The molecule has 2 fully saturated rings. The minimum atomic E-state index is 0.497. The molecule has 0 amide bonds. The smallest absolute Gasteiger partial charge is 0.0724 e. The Bertz CT molecular complexity index is 667. The highest BCUT2D eigenvalue weighted by molar-refractivity contribution is 5.96. The molecule has 1 aromatic heterocycles. The van der Waals surface area contributed by atoms with Gasteiger partial charge in [-0.1, -0.05) is 6.42 Å². The highest BCUT2D eigenvalue weighted by atomic mass is 14.9. The molecule has 3 nitrogen and oxygen atoms in total. The van der Waals surface area contributed by atoms with Crippen molar-refractivity contribution >= 4 is 22.3 Å². The molecule has 1 heterocycles. The quantitative estimate of drug-likeness (QED) is 0.834. The highest BCUT2D eigenvalue weighted by Crippen LogP contribution is 2.50. The van der Waals surface area contributed by atoms with Crippen molar-refractivity contribution in [3.05, 3.63) is 30.5 Å². The first-order valence-corrected chi connectivity index (χ1v) is 8.12. The molecule has 3 heteroatoms. The lowest BCUT2D eigenvalue weighted by atomic mass is 9.84. The SMILES string of the molecule is CC(Nc1ccc2ncccc2c1N)C1CC2CCC1C2. The minimum Gasteiger partial charge on any atom is -0.397 e. The van der Waals surface area contributed by atoms with Crippen molar-refractivity contribution < 1.29 is 0 Å². The van der Waals surface area contributed by atoms with E-state index in [-0.39, 0.29) is 0 Å². The van der Waals surface area contributed by atoms with Crippen LogP contribution in [0.15, 0.2) is 30.5 Å². The molecule has 0 saturated heterocycles. The van der Waals surface area contributed by atoms with E-state index < -0.39 is 0 Å². The molecule has 0 aliphatic heterocycles. The molecule has 3 N–H and O–H groups in total. The van der Waals surface area contributed by atoms with Crippen LogP contribution in [0.3, 0.4) is 0 Å². The largest absolute Gasteiger partial charge is 0.397 e. The molecular weight excluding hydrogens is 258 g/mol. The summed E-state index contributed by atoms with van der Waals surface area (Å²) in [6.45, 7) is 2.32. The average molecular weight is 281 g/mol. The number of fused-ring (bicyclic) bond motifs is 3. The molecule has 21 heavy (non-hydrogen) atoms. The second-order valence-electron chi connectivity index (χ2n) is 6.87. The second kappa shape index (κ2) is 4.90. The number of benzene rings is 1. The molecule has 2 bridgehead atoms. The number of aromatic nitrogens is 1. The van der Waals surface area contributed by atoms with Gasteiger partial charge >= 0.3 is 0 Å². The first kappa shape index (κ1) is 12.9. The number of nitrogen functional groups attached to an aromatic ring is 1. The maximum absolute atomic E-state index is 6.34. The lowest BCUT2D eigenvalue weighted by Gasteiger charge is -2.29. The summed E-state index contributed by atoms with van der Waals surface area (Å²) in [5, 5.41) is 4.72. The van der Waals surface area contributed by atoms with Crippen LogP contribution in [0.1, 0.15) is 32.6 Å². The zero-order chi connectivity index (χ0) is 14.4. The zero-order valence-electron chi connectivity index (χ0n) is 12.5. The van der Waals surface area contributed by atoms with Gasteiger partial charge in [-0.25, -0.2) is 0 Å². The molecule has 0 spiro atoms. The third kappa shape index (κ3) is 2.15. The number of nitrogens with zero attached hydrogens (tertiary/aromatic N) is 1. The predicted octanol–water partition coefficient (Wildman–Crippen LogP) is 4.05. The molecule has 2 aromatic rings. The standard InChI is InChI=1S/C18H23N3/c1-11(15-10-12-4-5-13(15)9-12)21-17-7-6-16-14(18(17)19)3-2-8-20-16/h2-3,6-8,11-13,15,21H,4-5,9-10,19H2,1H3. The number of anilines is 2. The summed E-state index contributed by atoms with van der Waals surface area (Å²) < 4.78 is 0. The Hall–Kier alpha value is -1.77. The monoisotopic (exact) mass is 281 g/mol. The summed E-state index contributed by atoms with van der Waals surface area (Å²) in [5.74, 6) is 2.73. The van der Waals surface area contributed by atoms with E-state index in [1.54, 1.807) is 0 Å². The van der Waals surface area contributed by atoms with Crippen LogP contribution in [0, 0.1) is 17.8 Å². The van der Waals surface area contributed by atoms with E-state index in [1.807, 2.05) is 18.3 Å². The van der Waals surface area contributed by atoms with Crippen LogP contribution in [-0.4, -0.2) is 11.0 Å². The maximum atomic E-state index is 6.34. The molecule has 2 aliphatic carbocycles. The number of pyridine rings is 1. The van der Waals surface area contributed by atoms with Gasteiger partial charge in [-0.3, -0.25) is 4.98 Å².